The molecule has 3 fully saturated rings. The van der Waals surface area contributed by atoms with Gasteiger partial charge >= 0.3 is 0 Å². The Morgan fingerprint density at radius 2 is 1.77 bits per heavy atom. The summed E-state index contributed by atoms with van der Waals surface area (Å²) in [5.41, 5.74) is 2.88. The van der Waals surface area contributed by atoms with Gasteiger partial charge in [0.1, 0.15) is 11.6 Å². The molecule has 2 saturated heterocycles. The molecule has 12 nitrogen and oxygen atoms in total. The molecule has 0 spiro atoms. The van der Waals surface area contributed by atoms with Gasteiger partial charge in [-0.25, -0.2) is 32.2 Å². The van der Waals surface area contributed by atoms with Crippen LogP contribution in [0.15, 0.2) is 49.3 Å². The molecule has 1 saturated carbocycles. The van der Waals surface area contributed by atoms with Gasteiger partial charge in [-0.3, -0.25) is 9.58 Å². The minimum atomic E-state index is -3.50. The van der Waals surface area contributed by atoms with Gasteiger partial charge in [-0.1, -0.05) is 11.8 Å². The topological polar surface area (TPSA) is 127 Å². The molecule has 0 radical (unpaired) electrons. The summed E-state index contributed by atoms with van der Waals surface area (Å²) in [5.74, 6) is 5.13. The van der Waals surface area contributed by atoms with Crippen molar-refractivity contribution in [2.24, 2.45) is 7.05 Å². The van der Waals surface area contributed by atoms with Crippen LogP contribution in [-0.4, -0.2) is 90.6 Å². The zero-order valence-electron chi connectivity index (χ0n) is 23.9. The van der Waals surface area contributed by atoms with Crippen LogP contribution in [0.3, 0.4) is 0 Å². The average molecular weight is 621 g/mol. The van der Waals surface area contributed by atoms with E-state index in [-0.39, 0.29) is 24.4 Å². The maximum Gasteiger partial charge on any atom is 0.272 e. The Balaban J connectivity index is 1.12. The van der Waals surface area contributed by atoms with E-state index >= 15 is 0 Å². The molecule has 0 atom stereocenters. The van der Waals surface area contributed by atoms with E-state index in [4.69, 9.17) is 0 Å². The van der Waals surface area contributed by atoms with Gasteiger partial charge in [-0.05, 0) is 31.7 Å². The number of aromatic nitrogens is 7. The number of rotatable bonds is 7. The minimum absolute atomic E-state index is 0.137. The molecule has 44 heavy (non-hydrogen) atoms. The second-order valence-corrected chi connectivity index (χ2v) is 13.5. The van der Waals surface area contributed by atoms with Crippen molar-refractivity contribution in [2.45, 2.75) is 42.9 Å². The molecule has 4 aromatic heterocycles. The quantitative estimate of drug-likeness (QED) is 0.308. The van der Waals surface area contributed by atoms with Crippen molar-refractivity contribution in [3.05, 3.63) is 60.4 Å². The maximum absolute atomic E-state index is 13.5. The molecular formula is C29H30F2N10O2S. The highest BCUT2D eigenvalue weighted by Gasteiger charge is 2.47. The molecule has 0 unspecified atom stereocenters. The van der Waals surface area contributed by atoms with Crippen LogP contribution in [0.1, 0.15) is 36.8 Å². The van der Waals surface area contributed by atoms with Crippen LogP contribution in [-0.2, 0) is 17.1 Å². The van der Waals surface area contributed by atoms with Crippen LogP contribution in [0.5, 0.6) is 0 Å². The van der Waals surface area contributed by atoms with Gasteiger partial charge in [-0.15, -0.1) is 0 Å². The summed E-state index contributed by atoms with van der Waals surface area (Å²) in [6, 6.07) is 3.74. The summed E-state index contributed by atoms with van der Waals surface area (Å²) < 4.78 is 54.7. The third-order valence-corrected chi connectivity index (χ3v) is 10.1. The van der Waals surface area contributed by atoms with E-state index in [0.717, 1.165) is 33.7 Å². The fourth-order valence-corrected chi connectivity index (χ4v) is 7.03. The molecule has 3 aliphatic rings. The summed E-state index contributed by atoms with van der Waals surface area (Å²) in [6.07, 6.45) is 12.5. The average Bonchev–Trinajstić information content (AvgIpc) is 3.60. The number of likely N-dealkylation sites (tertiary alicyclic amines) is 1. The van der Waals surface area contributed by atoms with Crippen molar-refractivity contribution in [3.8, 4) is 23.2 Å². The molecule has 1 N–H and O–H groups in total. The molecule has 228 valence electrons. The fourth-order valence-electron chi connectivity index (χ4n) is 5.55. The number of hydrogen-bond acceptors (Lipinski definition) is 10. The van der Waals surface area contributed by atoms with Gasteiger partial charge in [0.25, 0.3) is 15.9 Å². The first-order valence-corrected chi connectivity index (χ1v) is 15.9. The number of alkyl halides is 2. The summed E-state index contributed by atoms with van der Waals surface area (Å²) >= 11 is 0. The molecule has 1 aliphatic carbocycles. The monoisotopic (exact) mass is 620 g/mol. The Morgan fingerprint density at radius 3 is 2.48 bits per heavy atom. The van der Waals surface area contributed by atoms with E-state index in [2.05, 4.69) is 47.2 Å². The Hall–Kier alpha value is -4.42. The van der Waals surface area contributed by atoms with Gasteiger partial charge in [0.2, 0.25) is 0 Å². The first-order chi connectivity index (χ1) is 21.1. The van der Waals surface area contributed by atoms with Gasteiger partial charge in [-0.2, -0.15) is 14.3 Å². The fraction of sp³-hybridized carbons (Fsp3) is 0.414. The lowest BCUT2D eigenvalue weighted by Crippen LogP contribution is -2.61. The Morgan fingerprint density at radius 1 is 0.977 bits per heavy atom. The molecule has 0 bridgehead atoms. The van der Waals surface area contributed by atoms with Gasteiger partial charge < -0.3 is 10.2 Å². The summed E-state index contributed by atoms with van der Waals surface area (Å²) in [7, 11) is -1.67. The van der Waals surface area contributed by atoms with Crippen molar-refractivity contribution >= 4 is 27.3 Å². The molecular weight excluding hydrogens is 590 g/mol. The zero-order chi connectivity index (χ0) is 30.5. The highest BCUT2D eigenvalue weighted by molar-refractivity contribution is 7.90. The van der Waals surface area contributed by atoms with Crippen LogP contribution in [0.2, 0.25) is 0 Å². The van der Waals surface area contributed by atoms with Crippen molar-refractivity contribution < 1.29 is 17.2 Å². The van der Waals surface area contributed by atoms with Crippen LogP contribution in [0.4, 0.5) is 26.1 Å². The van der Waals surface area contributed by atoms with Crippen LogP contribution < -0.4 is 10.2 Å². The number of pyridine rings is 1. The molecule has 6 heterocycles. The first kappa shape index (κ1) is 28.4. The maximum atomic E-state index is 13.5. The molecule has 7 rings (SSSR count). The smallest absolute Gasteiger partial charge is 0.272 e. The van der Waals surface area contributed by atoms with Crippen molar-refractivity contribution in [1.29, 1.82) is 0 Å². The van der Waals surface area contributed by atoms with E-state index in [9.17, 15) is 17.2 Å². The number of hydrogen-bond donors (Lipinski definition) is 1. The normalized spacial score (nSPS) is 18.8. The largest absolute Gasteiger partial charge is 0.370 e. The lowest BCUT2D eigenvalue weighted by molar-refractivity contribution is -0.148. The van der Waals surface area contributed by atoms with Crippen LogP contribution >= 0.6 is 0 Å². The number of aryl methyl sites for hydroxylation is 1. The van der Waals surface area contributed by atoms with Crippen LogP contribution in [0, 0.1) is 11.8 Å². The summed E-state index contributed by atoms with van der Waals surface area (Å²) in [6.45, 7) is 1.06. The third kappa shape index (κ3) is 5.87. The minimum Gasteiger partial charge on any atom is -0.370 e. The number of piperidine rings is 1. The predicted octanol–water partition coefficient (Wildman–Crippen LogP) is 2.87. The molecule has 0 aromatic carbocycles. The van der Waals surface area contributed by atoms with Crippen molar-refractivity contribution in [1.82, 2.24) is 38.8 Å². The number of nitrogens with one attached hydrogen (secondary N) is 1. The summed E-state index contributed by atoms with van der Waals surface area (Å²) in [5, 5.41) is 11.1. The Kier molecular flexibility index (Phi) is 7.05. The highest BCUT2D eigenvalue weighted by atomic mass is 32.2. The van der Waals surface area contributed by atoms with Crippen molar-refractivity contribution in [3.63, 3.8) is 0 Å². The second-order valence-electron chi connectivity index (χ2n) is 11.5. The summed E-state index contributed by atoms with van der Waals surface area (Å²) in [4.78, 5) is 17.5. The zero-order valence-corrected chi connectivity index (χ0v) is 24.8. The highest BCUT2D eigenvalue weighted by Crippen LogP contribution is 2.34. The van der Waals surface area contributed by atoms with E-state index in [0.29, 0.717) is 49.0 Å². The number of nitrogens with zero attached hydrogens (tertiary/aromatic N) is 9. The molecule has 2 aliphatic heterocycles. The second kappa shape index (κ2) is 10.9. The lowest BCUT2D eigenvalue weighted by Gasteiger charge is -2.47. The van der Waals surface area contributed by atoms with Gasteiger partial charge in [0.15, 0.2) is 5.82 Å². The number of anilines is 3. The lowest BCUT2D eigenvalue weighted by atomic mass is 9.97. The van der Waals surface area contributed by atoms with Gasteiger partial charge in [0, 0.05) is 50.8 Å². The Labute approximate surface area is 253 Å². The van der Waals surface area contributed by atoms with Gasteiger partial charge in [0.05, 0.1) is 59.3 Å². The molecule has 15 heteroatoms. The predicted molar refractivity (Wildman–Crippen MR) is 159 cm³/mol. The standard InChI is InChI=1S/C29H30F2N10O2S/c1-38-16-20(13-34-38)2-3-21-14-33-27(12-25(21)39-10-7-23(8-11-39)40-18-29(30,31)19-40)36-26-6-9-32-28(37-26)22-15-35-41(17-22)44(42,43)24-4-5-24/h6,9,12-17,23-24H,4-5,7-8,10-11,18-19H2,1H3,(H,32,33,36,37). The SMILES string of the molecule is Cn1cc(C#Cc2cnc(Nc3ccnc(-c4cnn(S(=O)(=O)C5CC5)c4)n3)cc2N2CCC(N3CC(F)(F)C3)CC2)cn1. The Bertz CT molecular complexity index is 1860. The van der Waals surface area contributed by atoms with E-state index in [1.54, 1.807) is 29.3 Å². The van der Waals surface area contributed by atoms with Crippen molar-refractivity contribution in [2.75, 3.05) is 36.4 Å². The van der Waals surface area contributed by atoms with E-state index in [1.807, 2.05) is 24.2 Å². The van der Waals surface area contributed by atoms with Crippen LogP contribution in [0.25, 0.3) is 11.4 Å². The van der Waals surface area contributed by atoms with E-state index < -0.39 is 15.9 Å². The molecule has 4 aromatic rings. The first-order valence-electron chi connectivity index (χ1n) is 14.4. The molecule has 0 amide bonds. The number of halogens is 2. The van der Waals surface area contributed by atoms with E-state index in [1.165, 1.54) is 12.4 Å². The third-order valence-electron chi connectivity index (χ3n) is 8.06.